The number of hydrogen-bond acceptors (Lipinski definition) is 3. The largest absolute Gasteiger partial charge is 0.481 e. The van der Waals surface area contributed by atoms with Gasteiger partial charge in [0.15, 0.2) is 0 Å². The number of amides is 2. The van der Waals surface area contributed by atoms with Crippen LogP contribution in [0.2, 0.25) is 0 Å². The Morgan fingerprint density at radius 2 is 1.62 bits per heavy atom. The molecule has 2 atom stereocenters. The van der Waals surface area contributed by atoms with Gasteiger partial charge in [0, 0.05) is 26.1 Å². The maximum absolute atomic E-state index is 12.1. The van der Waals surface area contributed by atoms with Gasteiger partial charge in [-0.25, -0.2) is 0 Å². The first-order valence-electron chi connectivity index (χ1n) is 7.88. The van der Waals surface area contributed by atoms with E-state index >= 15 is 0 Å². The van der Waals surface area contributed by atoms with Crippen LogP contribution in [0.15, 0.2) is 0 Å². The van der Waals surface area contributed by atoms with E-state index in [1.807, 2.05) is 4.90 Å². The van der Waals surface area contributed by atoms with Gasteiger partial charge >= 0.3 is 5.97 Å². The summed E-state index contributed by atoms with van der Waals surface area (Å²) in [5.74, 6) is -2.04. The molecule has 118 valence electrons. The smallest absolute Gasteiger partial charge is 0.307 e. The normalized spacial score (nSPS) is 25.6. The molecule has 0 radical (unpaired) electrons. The molecule has 2 fully saturated rings. The quantitative estimate of drug-likeness (QED) is 0.792. The zero-order valence-electron chi connectivity index (χ0n) is 12.3. The zero-order valence-corrected chi connectivity index (χ0v) is 12.3. The van der Waals surface area contributed by atoms with Crippen LogP contribution in [0.1, 0.15) is 44.9 Å². The van der Waals surface area contributed by atoms with Crippen molar-refractivity contribution in [3.8, 4) is 0 Å². The van der Waals surface area contributed by atoms with Crippen LogP contribution in [0, 0.1) is 11.8 Å². The Bertz CT molecular complexity index is 404. The summed E-state index contributed by atoms with van der Waals surface area (Å²) >= 11 is 0. The second kappa shape index (κ2) is 7.43. The molecule has 6 heteroatoms. The lowest BCUT2D eigenvalue weighted by Crippen LogP contribution is -2.41. The van der Waals surface area contributed by atoms with Crippen molar-refractivity contribution in [2.24, 2.45) is 11.8 Å². The molecule has 2 unspecified atom stereocenters. The van der Waals surface area contributed by atoms with E-state index in [1.54, 1.807) is 0 Å². The Morgan fingerprint density at radius 3 is 2.24 bits per heavy atom. The highest BCUT2D eigenvalue weighted by Gasteiger charge is 2.35. The lowest BCUT2D eigenvalue weighted by Gasteiger charge is -2.27. The van der Waals surface area contributed by atoms with Gasteiger partial charge in [0.25, 0.3) is 0 Å². The maximum atomic E-state index is 12.1. The fourth-order valence-corrected chi connectivity index (χ4v) is 3.29. The van der Waals surface area contributed by atoms with Crippen molar-refractivity contribution in [2.75, 3.05) is 19.6 Å². The number of carboxylic acids is 1. The van der Waals surface area contributed by atoms with E-state index in [0.717, 1.165) is 38.8 Å². The molecule has 0 bridgehead atoms. The summed E-state index contributed by atoms with van der Waals surface area (Å²) in [4.78, 5) is 37.0. The number of carbonyl (C=O) groups is 3. The number of hydrogen-bond donors (Lipinski definition) is 2. The van der Waals surface area contributed by atoms with Crippen molar-refractivity contribution in [3.63, 3.8) is 0 Å². The van der Waals surface area contributed by atoms with Crippen LogP contribution in [0.3, 0.4) is 0 Å². The minimum Gasteiger partial charge on any atom is -0.481 e. The first-order valence-corrected chi connectivity index (χ1v) is 7.88. The molecule has 6 nitrogen and oxygen atoms in total. The van der Waals surface area contributed by atoms with Gasteiger partial charge in [-0.05, 0) is 25.7 Å². The number of nitrogens with one attached hydrogen (secondary N) is 1. The number of nitrogens with zero attached hydrogens (tertiary/aromatic N) is 1. The van der Waals surface area contributed by atoms with E-state index in [4.69, 9.17) is 0 Å². The Balaban J connectivity index is 1.75. The van der Waals surface area contributed by atoms with Gasteiger partial charge < -0.3 is 15.3 Å². The predicted molar refractivity (Wildman–Crippen MR) is 76.5 cm³/mol. The summed E-state index contributed by atoms with van der Waals surface area (Å²) in [5.41, 5.74) is 0. The highest BCUT2D eigenvalue weighted by atomic mass is 16.4. The molecule has 1 heterocycles. The lowest BCUT2D eigenvalue weighted by molar-refractivity contribution is -0.149. The molecule has 1 saturated heterocycles. The number of likely N-dealkylation sites (tertiary alicyclic amines) is 1. The highest BCUT2D eigenvalue weighted by Crippen LogP contribution is 2.30. The molecular weight excluding hydrogens is 272 g/mol. The van der Waals surface area contributed by atoms with Crippen LogP contribution in [0.5, 0.6) is 0 Å². The van der Waals surface area contributed by atoms with E-state index < -0.39 is 17.8 Å². The molecule has 0 aromatic rings. The molecule has 2 amide bonds. The van der Waals surface area contributed by atoms with Crippen LogP contribution < -0.4 is 5.32 Å². The summed E-state index contributed by atoms with van der Waals surface area (Å²) in [6, 6.07) is 0. The maximum Gasteiger partial charge on any atom is 0.307 e. The minimum absolute atomic E-state index is 0.0752. The number of carboxylic acid groups (broad SMARTS) is 1. The second-order valence-corrected chi connectivity index (χ2v) is 5.96. The summed E-state index contributed by atoms with van der Waals surface area (Å²) in [6.45, 7) is 1.93. The number of rotatable bonds is 5. The first kappa shape index (κ1) is 15.8. The minimum atomic E-state index is -0.886. The van der Waals surface area contributed by atoms with E-state index in [2.05, 4.69) is 5.32 Å². The lowest BCUT2D eigenvalue weighted by atomic mass is 9.78. The first-order chi connectivity index (χ1) is 10.1. The third-order valence-corrected chi connectivity index (χ3v) is 4.52. The number of carbonyl (C=O) groups excluding carboxylic acids is 2. The molecular formula is C15H24N2O4. The van der Waals surface area contributed by atoms with Crippen molar-refractivity contribution in [3.05, 3.63) is 0 Å². The average molecular weight is 296 g/mol. The van der Waals surface area contributed by atoms with Crippen molar-refractivity contribution < 1.29 is 19.5 Å². The van der Waals surface area contributed by atoms with Crippen LogP contribution in [-0.2, 0) is 14.4 Å². The molecule has 1 saturated carbocycles. The Labute approximate surface area is 124 Å². The molecule has 2 rings (SSSR count). The topological polar surface area (TPSA) is 86.7 Å². The number of aliphatic carboxylic acids is 1. The third-order valence-electron chi connectivity index (χ3n) is 4.52. The van der Waals surface area contributed by atoms with Gasteiger partial charge in [0.2, 0.25) is 11.8 Å². The molecule has 0 aromatic carbocycles. The van der Waals surface area contributed by atoms with Crippen molar-refractivity contribution in [2.45, 2.75) is 44.9 Å². The van der Waals surface area contributed by atoms with Gasteiger partial charge in [-0.15, -0.1) is 0 Å². The van der Waals surface area contributed by atoms with Gasteiger partial charge in [-0.1, -0.05) is 12.8 Å². The van der Waals surface area contributed by atoms with Gasteiger partial charge in [0.05, 0.1) is 11.8 Å². The van der Waals surface area contributed by atoms with Crippen molar-refractivity contribution in [1.29, 1.82) is 0 Å². The van der Waals surface area contributed by atoms with Crippen LogP contribution >= 0.6 is 0 Å². The van der Waals surface area contributed by atoms with Gasteiger partial charge in [-0.3, -0.25) is 14.4 Å². The van der Waals surface area contributed by atoms with E-state index in [0.29, 0.717) is 25.8 Å². The molecule has 2 aliphatic rings. The molecule has 2 N–H and O–H groups in total. The third kappa shape index (κ3) is 4.19. The molecule has 21 heavy (non-hydrogen) atoms. The fraction of sp³-hybridized carbons (Fsp3) is 0.800. The molecule has 1 aliphatic heterocycles. The SMILES string of the molecule is O=C(O)C1CCCCC1C(=O)NCCC(=O)N1CCCC1. The monoisotopic (exact) mass is 296 g/mol. The van der Waals surface area contributed by atoms with Crippen LogP contribution in [0.25, 0.3) is 0 Å². The van der Waals surface area contributed by atoms with E-state index in [9.17, 15) is 19.5 Å². The average Bonchev–Trinajstić information content (AvgIpc) is 3.01. The fourth-order valence-electron chi connectivity index (χ4n) is 3.29. The standard InChI is InChI=1S/C15H24N2O4/c18-13(17-9-3-4-10-17)7-8-16-14(19)11-5-1-2-6-12(11)15(20)21/h11-12H,1-10H2,(H,16,19)(H,20,21). The van der Waals surface area contributed by atoms with E-state index in [1.165, 1.54) is 0 Å². The molecule has 1 aliphatic carbocycles. The van der Waals surface area contributed by atoms with E-state index in [-0.39, 0.29) is 11.8 Å². The summed E-state index contributed by atoms with van der Waals surface area (Å²) in [7, 11) is 0. The van der Waals surface area contributed by atoms with Crippen molar-refractivity contribution in [1.82, 2.24) is 10.2 Å². The predicted octanol–water partition coefficient (Wildman–Crippen LogP) is 1.01. The summed E-state index contributed by atoms with van der Waals surface area (Å²) in [5, 5.41) is 11.9. The Hall–Kier alpha value is -1.59. The Kier molecular flexibility index (Phi) is 5.59. The zero-order chi connectivity index (χ0) is 15.2. The Morgan fingerprint density at radius 1 is 1.00 bits per heavy atom. The van der Waals surface area contributed by atoms with Gasteiger partial charge in [0.1, 0.15) is 0 Å². The highest BCUT2D eigenvalue weighted by molar-refractivity contribution is 5.85. The molecule has 0 spiro atoms. The van der Waals surface area contributed by atoms with Crippen LogP contribution in [0.4, 0.5) is 0 Å². The van der Waals surface area contributed by atoms with Crippen LogP contribution in [-0.4, -0.2) is 47.4 Å². The van der Waals surface area contributed by atoms with Crippen molar-refractivity contribution >= 4 is 17.8 Å². The van der Waals surface area contributed by atoms with Gasteiger partial charge in [-0.2, -0.15) is 0 Å². The summed E-state index contributed by atoms with van der Waals surface area (Å²) < 4.78 is 0. The summed E-state index contributed by atoms with van der Waals surface area (Å²) in [6.07, 6.45) is 5.38. The second-order valence-electron chi connectivity index (χ2n) is 5.96. The molecule has 0 aromatic heterocycles.